The molecule has 0 bridgehead atoms. The summed E-state index contributed by atoms with van der Waals surface area (Å²) >= 11 is 3.68. The molecule has 0 aliphatic heterocycles. The van der Waals surface area contributed by atoms with Gasteiger partial charge in [-0.1, -0.05) is 35.3 Å². The van der Waals surface area contributed by atoms with Crippen LogP contribution in [0.25, 0.3) is 0 Å². The quantitative estimate of drug-likeness (QED) is 0.779. The summed E-state index contributed by atoms with van der Waals surface area (Å²) in [6.45, 7) is 3.51. The zero-order valence-corrected chi connectivity index (χ0v) is 14.2. The van der Waals surface area contributed by atoms with E-state index in [0.29, 0.717) is 22.9 Å². The minimum Gasteiger partial charge on any atom is -0.494 e. The number of benzene rings is 1. The van der Waals surface area contributed by atoms with Gasteiger partial charge in [0.15, 0.2) is 0 Å². The van der Waals surface area contributed by atoms with E-state index in [9.17, 15) is 4.79 Å². The lowest BCUT2D eigenvalue weighted by Crippen LogP contribution is -2.31. The first-order valence-electron chi connectivity index (χ1n) is 7.84. The monoisotopic (exact) mass is 353 g/mol. The van der Waals surface area contributed by atoms with E-state index in [2.05, 4.69) is 28.2 Å². The molecule has 21 heavy (non-hydrogen) atoms. The van der Waals surface area contributed by atoms with Crippen molar-refractivity contribution in [3.05, 3.63) is 29.8 Å². The summed E-state index contributed by atoms with van der Waals surface area (Å²) in [6, 6.07) is 7.42. The van der Waals surface area contributed by atoms with Crippen LogP contribution in [-0.2, 0) is 0 Å². The van der Waals surface area contributed by atoms with Crippen LogP contribution < -0.4 is 10.1 Å². The Labute approximate surface area is 135 Å². The van der Waals surface area contributed by atoms with Gasteiger partial charge < -0.3 is 10.1 Å². The molecule has 1 aliphatic carbocycles. The number of hydrogen-bond donors (Lipinski definition) is 1. The highest BCUT2D eigenvalue weighted by Gasteiger charge is 2.20. The van der Waals surface area contributed by atoms with E-state index < -0.39 is 0 Å². The topological polar surface area (TPSA) is 38.3 Å². The molecule has 2 atom stereocenters. The highest BCUT2D eigenvalue weighted by Crippen LogP contribution is 2.28. The molecule has 0 radical (unpaired) electrons. The minimum atomic E-state index is -0.00588. The molecule has 3 nitrogen and oxygen atoms in total. The van der Waals surface area contributed by atoms with Crippen molar-refractivity contribution in [2.75, 3.05) is 13.2 Å². The van der Waals surface area contributed by atoms with Crippen LogP contribution in [0.15, 0.2) is 24.3 Å². The summed E-state index contributed by atoms with van der Waals surface area (Å²) < 4.78 is 5.57. The summed E-state index contributed by atoms with van der Waals surface area (Å²) in [4.78, 5) is 12.8. The Bertz CT molecular complexity index is 464. The fourth-order valence-corrected chi connectivity index (χ4v) is 3.55. The number of rotatable bonds is 6. The maximum Gasteiger partial charge on any atom is 0.251 e. The Balaban J connectivity index is 1.85. The van der Waals surface area contributed by atoms with E-state index in [0.717, 1.165) is 25.1 Å². The lowest BCUT2D eigenvalue weighted by Gasteiger charge is -2.25. The van der Waals surface area contributed by atoms with Crippen LogP contribution in [0.2, 0.25) is 0 Å². The molecule has 116 valence electrons. The summed E-state index contributed by atoms with van der Waals surface area (Å²) in [5.74, 6) is 1.35. The van der Waals surface area contributed by atoms with Gasteiger partial charge in [0.05, 0.1) is 6.61 Å². The normalized spacial score (nSPS) is 21.8. The number of carbonyl (C=O) groups is 1. The largest absolute Gasteiger partial charge is 0.494 e. The van der Waals surface area contributed by atoms with Crippen molar-refractivity contribution in [3.63, 3.8) is 0 Å². The van der Waals surface area contributed by atoms with Crippen molar-refractivity contribution >= 4 is 21.8 Å². The lowest BCUT2D eigenvalue weighted by atomic mass is 9.89. The minimum absolute atomic E-state index is 0.00588. The van der Waals surface area contributed by atoms with Gasteiger partial charge in [-0.25, -0.2) is 0 Å². The molecule has 1 amide bonds. The van der Waals surface area contributed by atoms with Crippen molar-refractivity contribution in [2.45, 2.75) is 43.9 Å². The number of amides is 1. The maximum atomic E-state index is 12.2. The standard InChI is InChI=1S/C17H24BrNO2/c1-2-9-21-16-8-4-6-14(11-16)17(20)19-12-13-5-3-7-15(18)10-13/h4,6,8,11,13,15H,2-3,5,7,9-10,12H2,1H3,(H,19,20). The zero-order valence-electron chi connectivity index (χ0n) is 12.6. The average molecular weight is 354 g/mol. The first kappa shape index (κ1) is 16.3. The smallest absolute Gasteiger partial charge is 0.251 e. The molecule has 0 spiro atoms. The van der Waals surface area contributed by atoms with E-state index in [1.54, 1.807) is 0 Å². The van der Waals surface area contributed by atoms with E-state index in [4.69, 9.17) is 4.74 Å². The lowest BCUT2D eigenvalue weighted by molar-refractivity contribution is 0.0943. The number of carbonyl (C=O) groups excluding carboxylic acids is 1. The number of hydrogen-bond acceptors (Lipinski definition) is 2. The molecule has 4 heteroatoms. The Morgan fingerprint density at radius 3 is 3.05 bits per heavy atom. The Kier molecular flexibility index (Phi) is 6.55. The highest BCUT2D eigenvalue weighted by molar-refractivity contribution is 9.09. The van der Waals surface area contributed by atoms with Gasteiger partial charge >= 0.3 is 0 Å². The molecular formula is C17H24BrNO2. The maximum absolute atomic E-state index is 12.2. The van der Waals surface area contributed by atoms with Crippen molar-refractivity contribution in [1.29, 1.82) is 0 Å². The third-order valence-corrected chi connectivity index (χ3v) is 4.67. The van der Waals surface area contributed by atoms with Crippen LogP contribution in [-0.4, -0.2) is 23.9 Å². The van der Waals surface area contributed by atoms with Crippen LogP contribution in [0.5, 0.6) is 5.75 Å². The second-order valence-corrected chi connectivity index (χ2v) is 7.01. The number of nitrogens with one attached hydrogen (secondary N) is 1. The molecule has 2 rings (SSSR count). The predicted octanol–water partition coefficient (Wildman–Crippen LogP) is 4.16. The molecule has 2 unspecified atom stereocenters. The molecule has 0 heterocycles. The fraction of sp³-hybridized carbons (Fsp3) is 0.588. The summed E-state index contributed by atoms with van der Waals surface area (Å²) in [5, 5.41) is 3.06. The summed E-state index contributed by atoms with van der Waals surface area (Å²) in [5.41, 5.74) is 0.676. The molecular weight excluding hydrogens is 330 g/mol. The fourth-order valence-electron chi connectivity index (χ4n) is 2.70. The molecule has 0 saturated heterocycles. The van der Waals surface area contributed by atoms with E-state index in [1.165, 1.54) is 19.3 Å². The third-order valence-electron chi connectivity index (χ3n) is 3.84. The van der Waals surface area contributed by atoms with E-state index in [1.807, 2.05) is 24.3 Å². The molecule has 1 saturated carbocycles. The Hall–Kier alpha value is -1.03. The SMILES string of the molecule is CCCOc1cccc(C(=O)NCC2CCCC(Br)C2)c1. The van der Waals surface area contributed by atoms with Gasteiger partial charge in [-0.15, -0.1) is 0 Å². The number of ether oxygens (including phenoxy) is 1. The molecule has 1 fully saturated rings. The van der Waals surface area contributed by atoms with Gasteiger partial charge in [0.2, 0.25) is 0 Å². The van der Waals surface area contributed by atoms with Crippen LogP contribution in [0.4, 0.5) is 0 Å². The third kappa shape index (κ3) is 5.34. The van der Waals surface area contributed by atoms with Crippen molar-refractivity contribution in [2.24, 2.45) is 5.92 Å². The second kappa shape index (κ2) is 8.42. The van der Waals surface area contributed by atoms with Gasteiger partial charge in [-0.3, -0.25) is 4.79 Å². The summed E-state index contributed by atoms with van der Waals surface area (Å²) in [7, 11) is 0. The van der Waals surface area contributed by atoms with E-state index in [-0.39, 0.29) is 5.91 Å². The Morgan fingerprint density at radius 2 is 2.29 bits per heavy atom. The van der Waals surface area contributed by atoms with Crippen molar-refractivity contribution in [1.82, 2.24) is 5.32 Å². The van der Waals surface area contributed by atoms with Crippen LogP contribution in [0.1, 0.15) is 49.4 Å². The average Bonchev–Trinajstić information content (AvgIpc) is 2.51. The van der Waals surface area contributed by atoms with Gasteiger partial charge in [0.1, 0.15) is 5.75 Å². The molecule has 1 N–H and O–H groups in total. The summed E-state index contributed by atoms with van der Waals surface area (Å²) in [6.07, 6.45) is 5.83. The predicted molar refractivity (Wildman–Crippen MR) is 89.2 cm³/mol. The first-order valence-corrected chi connectivity index (χ1v) is 8.75. The highest BCUT2D eigenvalue weighted by atomic mass is 79.9. The molecule has 1 aliphatic rings. The second-order valence-electron chi connectivity index (χ2n) is 5.72. The number of halogens is 1. The van der Waals surface area contributed by atoms with Gasteiger partial charge in [-0.2, -0.15) is 0 Å². The van der Waals surface area contributed by atoms with Crippen molar-refractivity contribution in [3.8, 4) is 5.75 Å². The van der Waals surface area contributed by atoms with Crippen LogP contribution in [0.3, 0.4) is 0 Å². The van der Waals surface area contributed by atoms with E-state index >= 15 is 0 Å². The molecule has 0 aromatic heterocycles. The van der Waals surface area contributed by atoms with Gasteiger partial charge in [0.25, 0.3) is 5.91 Å². The Morgan fingerprint density at radius 1 is 1.43 bits per heavy atom. The molecule has 1 aromatic rings. The zero-order chi connectivity index (χ0) is 15.1. The first-order chi connectivity index (χ1) is 10.2. The van der Waals surface area contributed by atoms with Gasteiger partial charge in [0, 0.05) is 16.9 Å². The van der Waals surface area contributed by atoms with Crippen LogP contribution >= 0.6 is 15.9 Å². The van der Waals surface area contributed by atoms with Crippen molar-refractivity contribution < 1.29 is 9.53 Å². The van der Waals surface area contributed by atoms with Crippen LogP contribution in [0, 0.1) is 5.92 Å². The number of alkyl halides is 1. The van der Waals surface area contributed by atoms with Gasteiger partial charge in [-0.05, 0) is 49.8 Å². The molecule has 1 aromatic carbocycles.